The molecule has 1 heterocycles. The predicted molar refractivity (Wildman–Crippen MR) is 125 cm³/mol. The monoisotopic (exact) mass is 411 g/mol. The molecule has 0 spiro atoms. The molecule has 4 aromatic rings. The van der Waals surface area contributed by atoms with Crippen LogP contribution in [-0.4, -0.2) is 9.97 Å². The van der Waals surface area contributed by atoms with E-state index in [1.165, 1.54) is 33.4 Å². The number of hydrogen-bond donors (Lipinski definition) is 1. The van der Waals surface area contributed by atoms with Crippen molar-refractivity contribution >= 4 is 22.8 Å². The highest BCUT2D eigenvalue weighted by Crippen LogP contribution is 2.31. The minimum Gasteiger partial charge on any atom is -0.333 e. The highest BCUT2D eigenvalue weighted by molar-refractivity contribution is 7.98. The van der Waals surface area contributed by atoms with E-state index in [4.69, 9.17) is 4.98 Å². The number of aromatic nitrogens is 2. The number of aromatic amines is 1. The van der Waals surface area contributed by atoms with E-state index < -0.39 is 0 Å². The van der Waals surface area contributed by atoms with E-state index in [1.54, 1.807) is 11.8 Å². The van der Waals surface area contributed by atoms with Gasteiger partial charge in [0, 0.05) is 12.2 Å². The molecule has 150 valence electrons. The third kappa shape index (κ3) is 3.99. The van der Waals surface area contributed by atoms with Crippen LogP contribution in [0.15, 0.2) is 53.7 Å². The van der Waals surface area contributed by atoms with Crippen molar-refractivity contribution < 1.29 is 0 Å². The summed E-state index contributed by atoms with van der Waals surface area (Å²) >= 11 is 1.64. The fraction of sp³-hybridized carbons (Fsp3) is 0.231. The van der Waals surface area contributed by atoms with Gasteiger partial charge in [-0.2, -0.15) is 5.26 Å². The first kappa shape index (κ1) is 20.3. The highest BCUT2D eigenvalue weighted by Gasteiger charge is 2.15. The summed E-state index contributed by atoms with van der Waals surface area (Å²) < 4.78 is 0. The first-order valence-corrected chi connectivity index (χ1v) is 11.1. The molecule has 0 radical (unpaired) electrons. The Morgan fingerprint density at radius 1 is 0.967 bits per heavy atom. The molecule has 4 heteroatoms. The van der Waals surface area contributed by atoms with Crippen molar-refractivity contribution in [2.24, 2.45) is 0 Å². The summed E-state index contributed by atoms with van der Waals surface area (Å²) in [7, 11) is 0. The van der Waals surface area contributed by atoms with E-state index >= 15 is 0 Å². The van der Waals surface area contributed by atoms with Crippen molar-refractivity contribution in [3.63, 3.8) is 0 Å². The molecular formula is C26H25N3S. The molecule has 3 aromatic carbocycles. The van der Waals surface area contributed by atoms with Gasteiger partial charge < -0.3 is 4.98 Å². The van der Waals surface area contributed by atoms with Gasteiger partial charge in [0.15, 0.2) is 5.16 Å². The maximum atomic E-state index is 9.33. The van der Waals surface area contributed by atoms with Crippen LogP contribution in [-0.2, 0) is 12.2 Å². The summed E-state index contributed by atoms with van der Waals surface area (Å²) in [5.74, 6) is 0.716. The van der Waals surface area contributed by atoms with Crippen LogP contribution < -0.4 is 0 Å². The van der Waals surface area contributed by atoms with E-state index in [0.717, 1.165) is 33.7 Å². The van der Waals surface area contributed by atoms with Crippen LogP contribution >= 0.6 is 11.8 Å². The van der Waals surface area contributed by atoms with Crippen LogP contribution in [0.25, 0.3) is 11.0 Å². The summed E-state index contributed by atoms with van der Waals surface area (Å²) in [6.07, 6.45) is 0.879. The van der Waals surface area contributed by atoms with Gasteiger partial charge in [0.2, 0.25) is 0 Å². The van der Waals surface area contributed by atoms with Crippen LogP contribution in [0, 0.1) is 39.0 Å². The van der Waals surface area contributed by atoms with Crippen LogP contribution in [0.4, 0.5) is 0 Å². The first-order chi connectivity index (χ1) is 14.5. The molecule has 4 rings (SSSR count). The maximum Gasteiger partial charge on any atom is 0.166 e. The van der Waals surface area contributed by atoms with Gasteiger partial charge in [0.05, 0.1) is 22.7 Å². The molecule has 0 atom stereocenters. The second-order valence-electron chi connectivity index (χ2n) is 7.90. The molecule has 0 bridgehead atoms. The molecule has 1 aromatic heterocycles. The topological polar surface area (TPSA) is 52.5 Å². The number of fused-ring (bicyclic) bond motifs is 1. The second-order valence-corrected chi connectivity index (χ2v) is 8.86. The van der Waals surface area contributed by atoms with Crippen LogP contribution in [0.2, 0.25) is 0 Å². The molecule has 3 nitrogen and oxygen atoms in total. The number of thioether (sulfide) groups is 1. The molecule has 0 unspecified atom stereocenters. The Balaban J connectivity index is 1.69. The van der Waals surface area contributed by atoms with E-state index in [9.17, 15) is 5.26 Å². The zero-order valence-corrected chi connectivity index (χ0v) is 18.7. The molecule has 0 aliphatic heterocycles. The molecule has 1 N–H and O–H groups in total. The number of nitrogens with one attached hydrogen (secondary N) is 1. The van der Waals surface area contributed by atoms with Crippen molar-refractivity contribution in [1.82, 2.24) is 9.97 Å². The summed E-state index contributed by atoms with van der Waals surface area (Å²) in [5.41, 5.74) is 11.7. The standard InChI is InChI=1S/C26H25N3S/c1-16-9-10-17(2)22(11-16)13-23-19(4)18(3)12-24-25(23)29-26(28-24)30-15-21-8-6-5-7-20(21)14-27/h5-12H,13,15H2,1-4H3,(H,28,29). The average molecular weight is 412 g/mol. The molecular weight excluding hydrogens is 386 g/mol. The molecule has 0 aliphatic carbocycles. The Kier molecular flexibility index (Phi) is 5.65. The first-order valence-electron chi connectivity index (χ1n) is 10.1. The third-order valence-electron chi connectivity index (χ3n) is 5.78. The summed E-state index contributed by atoms with van der Waals surface area (Å²) in [4.78, 5) is 8.45. The summed E-state index contributed by atoms with van der Waals surface area (Å²) in [6.45, 7) is 8.68. The number of rotatable bonds is 5. The Morgan fingerprint density at radius 2 is 1.77 bits per heavy atom. The molecule has 0 saturated carbocycles. The third-order valence-corrected chi connectivity index (χ3v) is 6.70. The van der Waals surface area contributed by atoms with Gasteiger partial charge in [-0.1, -0.05) is 53.7 Å². The highest BCUT2D eigenvalue weighted by atomic mass is 32.2. The van der Waals surface area contributed by atoms with E-state index in [2.05, 4.69) is 63.0 Å². The quantitative estimate of drug-likeness (QED) is 0.379. The van der Waals surface area contributed by atoms with Gasteiger partial charge in [-0.3, -0.25) is 0 Å². The van der Waals surface area contributed by atoms with Gasteiger partial charge in [-0.05, 0) is 73.2 Å². The fourth-order valence-corrected chi connectivity index (χ4v) is 4.69. The smallest absolute Gasteiger partial charge is 0.166 e. The van der Waals surface area contributed by atoms with E-state index in [1.807, 2.05) is 24.3 Å². The molecule has 0 aliphatic rings. The number of H-pyrrole nitrogens is 1. The lowest BCUT2D eigenvalue weighted by Gasteiger charge is -2.12. The van der Waals surface area contributed by atoms with Gasteiger partial charge in [-0.25, -0.2) is 4.98 Å². The van der Waals surface area contributed by atoms with Gasteiger partial charge in [-0.15, -0.1) is 0 Å². The number of hydrogen-bond acceptors (Lipinski definition) is 3. The van der Waals surface area contributed by atoms with Crippen molar-refractivity contribution in [3.05, 3.63) is 93.0 Å². The van der Waals surface area contributed by atoms with Crippen LogP contribution in [0.3, 0.4) is 0 Å². The zero-order chi connectivity index (χ0) is 21.3. The fourth-order valence-electron chi connectivity index (χ4n) is 3.81. The van der Waals surface area contributed by atoms with E-state index in [0.29, 0.717) is 5.75 Å². The Bertz CT molecular complexity index is 1280. The van der Waals surface area contributed by atoms with Crippen molar-refractivity contribution in [1.29, 1.82) is 5.26 Å². The second kappa shape index (κ2) is 8.38. The van der Waals surface area contributed by atoms with Crippen LogP contribution in [0.1, 0.15) is 44.5 Å². The predicted octanol–water partition coefficient (Wildman–Crippen LogP) is 6.55. The number of nitrogens with zero attached hydrogens (tertiary/aromatic N) is 2. The van der Waals surface area contributed by atoms with Gasteiger partial charge >= 0.3 is 0 Å². The average Bonchev–Trinajstić information content (AvgIpc) is 3.15. The summed E-state index contributed by atoms with van der Waals surface area (Å²) in [6, 6.07) is 18.9. The summed E-state index contributed by atoms with van der Waals surface area (Å²) in [5, 5.41) is 10.2. The van der Waals surface area contributed by atoms with E-state index in [-0.39, 0.29) is 0 Å². The minimum absolute atomic E-state index is 0.716. The molecule has 0 fully saturated rings. The van der Waals surface area contributed by atoms with Gasteiger partial charge in [0.25, 0.3) is 0 Å². The lowest BCUT2D eigenvalue weighted by atomic mass is 9.93. The normalized spacial score (nSPS) is 11.0. The Morgan fingerprint density at radius 3 is 2.57 bits per heavy atom. The van der Waals surface area contributed by atoms with Crippen molar-refractivity contribution in [2.45, 2.75) is 45.0 Å². The largest absolute Gasteiger partial charge is 0.333 e. The van der Waals surface area contributed by atoms with Gasteiger partial charge in [0.1, 0.15) is 0 Å². The lowest BCUT2D eigenvalue weighted by Crippen LogP contribution is -1.99. The van der Waals surface area contributed by atoms with Crippen molar-refractivity contribution in [3.8, 4) is 6.07 Å². The minimum atomic E-state index is 0.716. The molecule has 30 heavy (non-hydrogen) atoms. The molecule has 0 amide bonds. The number of benzene rings is 3. The Labute approximate surface area is 182 Å². The lowest BCUT2D eigenvalue weighted by molar-refractivity contribution is 1.07. The SMILES string of the molecule is Cc1ccc(C)c(Cc2c(C)c(C)cc3[nH]c(SCc4ccccc4C#N)nc23)c1. The molecule has 0 saturated heterocycles. The number of aryl methyl sites for hydroxylation is 3. The zero-order valence-electron chi connectivity index (χ0n) is 17.8. The number of imidazole rings is 1. The Hall–Kier alpha value is -3.03. The number of nitriles is 1. The van der Waals surface area contributed by atoms with Crippen LogP contribution in [0.5, 0.6) is 0 Å². The van der Waals surface area contributed by atoms with Crippen molar-refractivity contribution in [2.75, 3.05) is 0 Å². The maximum absolute atomic E-state index is 9.33.